The molecule has 0 aliphatic carbocycles. The molecule has 1 aromatic rings. The van der Waals surface area contributed by atoms with Crippen molar-refractivity contribution in [2.24, 2.45) is 0 Å². The van der Waals surface area contributed by atoms with Crippen LogP contribution in [0.3, 0.4) is 0 Å². The molecule has 0 spiro atoms. The van der Waals surface area contributed by atoms with Gasteiger partial charge in [-0.15, -0.1) is 0 Å². The molecule has 3 nitrogen and oxygen atoms in total. The fourth-order valence-corrected chi connectivity index (χ4v) is 1.73. The molecule has 0 fully saturated rings. The van der Waals surface area contributed by atoms with Crippen molar-refractivity contribution in [3.05, 3.63) is 23.4 Å². The number of pyridine rings is 1. The monoisotopic (exact) mass is 208 g/mol. The highest BCUT2D eigenvalue weighted by Gasteiger charge is 2.08. The number of aromatic nitrogens is 1. The minimum Gasteiger partial charge on any atom is -0.392 e. The smallest absolute Gasteiger partial charge is 0.131 e. The highest BCUT2D eigenvalue weighted by Crippen LogP contribution is 2.17. The molecule has 1 heterocycles. The van der Waals surface area contributed by atoms with Gasteiger partial charge in [-0.25, -0.2) is 4.98 Å². The second-order valence-electron chi connectivity index (χ2n) is 3.72. The van der Waals surface area contributed by atoms with Gasteiger partial charge < -0.3 is 10.0 Å². The molecule has 1 aromatic heterocycles. The molecule has 0 saturated carbocycles. The molecule has 0 amide bonds. The molecule has 0 saturated heterocycles. The number of hydrogen-bond acceptors (Lipinski definition) is 3. The van der Waals surface area contributed by atoms with Crippen molar-refractivity contribution in [1.82, 2.24) is 4.98 Å². The number of rotatable bonds is 5. The van der Waals surface area contributed by atoms with E-state index in [0.29, 0.717) is 0 Å². The Bertz CT molecular complexity index is 312. The maximum atomic E-state index is 9.00. The van der Waals surface area contributed by atoms with Crippen molar-refractivity contribution < 1.29 is 5.11 Å². The van der Waals surface area contributed by atoms with Crippen LogP contribution in [0.5, 0.6) is 0 Å². The number of hydrogen-bond donors (Lipinski definition) is 1. The quantitative estimate of drug-likeness (QED) is 0.805. The van der Waals surface area contributed by atoms with Crippen molar-refractivity contribution >= 4 is 5.82 Å². The Hall–Kier alpha value is -1.09. The zero-order chi connectivity index (χ0) is 11.3. The largest absolute Gasteiger partial charge is 0.392 e. The maximum Gasteiger partial charge on any atom is 0.131 e. The molecule has 15 heavy (non-hydrogen) atoms. The predicted molar refractivity (Wildman–Crippen MR) is 63.1 cm³/mol. The van der Waals surface area contributed by atoms with Crippen molar-refractivity contribution in [2.75, 3.05) is 18.0 Å². The van der Waals surface area contributed by atoms with Gasteiger partial charge in [0.05, 0.1) is 6.61 Å². The summed E-state index contributed by atoms with van der Waals surface area (Å²) in [6.07, 6.45) is 2.87. The summed E-state index contributed by atoms with van der Waals surface area (Å²) in [5, 5.41) is 9.00. The Morgan fingerprint density at radius 1 is 1.40 bits per heavy atom. The summed E-state index contributed by atoms with van der Waals surface area (Å²) < 4.78 is 0. The lowest BCUT2D eigenvalue weighted by Crippen LogP contribution is -2.25. The molecular formula is C12H20N2O. The molecule has 0 radical (unpaired) electrons. The van der Waals surface area contributed by atoms with Crippen LogP contribution < -0.4 is 4.90 Å². The number of nitrogens with zero attached hydrogens (tertiary/aromatic N) is 2. The van der Waals surface area contributed by atoms with Gasteiger partial charge in [0, 0.05) is 19.3 Å². The van der Waals surface area contributed by atoms with Crippen LogP contribution in [0.1, 0.15) is 31.4 Å². The molecule has 0 aromatic carbocycles. The Labute approximate surface area is 91.8 Å². The highest BCUT2D eigenvalue weighted by molar-refractivity contribution is 5.47. The summed E-state index contributed by atoms with van der Waals surface area (Å²) in [7, 11) is 0. The molecule has 0 bridgehead atoms. The molecular weight excluding hydrogens is 188 g/mol. The maximum absolute atomic E-state index is 9.00. The van der Waals surface area contributed by atoms with Gasteiger partial charge in [0.15, 0.2) is 0 Å². The fraction of sp³-hybridized carbons (Fsp3) is 0.583. The number of aryl methyl sites for hydroxylation is 1. The lowest BCUT2D eigenvalue weighted by Gasteiger charge is -2.23. The summed E-state index contributed by atoms with van der Waals surface area (Å²) >= 11 is 0. The van der Waals surface area contributed by atoms with E-state index >= 15 is 0 Å². The number of aliphatic hydroxyl groups excluding tert-OH is 1. The molecule has 0 aliphatic rings. The fourth-order valence-electron chi connectivity index (χ4n) is 1.73. The van der Waals surface area contributed by atoms with Gasteiger partial charge in [0.2, 0.25) is 0 Å². The third-order valence-corrected chi connectivity index (χ3v) is 2.46. The molecule has 3 heteroatoms. The van der Waals surface area contributed by atoms with Gasteiger partial charge in [0.25, 0.3) is 0 Å². The third kappa shape index (κ3) is 2.93. The number of anilines is 1. The van der Waals surface area contributed by atoms with Crippen LogP contribution >= 0.6 is 0 Å². The molecule has 1 rings (SSSR count). The van der Waals surface area contributed by atoms with Gasteiger partial charge >= 0.3 is 0 Å². The second kappa shape index (κ2) is 5.71. The molecule has 0 unspecified atom stereocenters. The lowest BCUT2D eigenvalue weighted by molar-refractivity contribution is 0.281. The van der Waals surface area contributed by atoms with Crippen LogP contribution in [0.25, 0.3) is 0 Å². The molecule has 0 aliphatic heterocycles. The first kappa shape index (κ1) is 12.0. The summed E-state index contributed by atoms with van der Waals surface area (Å²) in [5.74, 6) is 1.04. The summed E-state index contributed by atoms with van der Waals surface area (Å²) in [4.78, 5) is 6.67. The van der Waals surface area contributed by atoms with E-state index in [2.05, 4.69) is 23.7 Å². The topological polar surface area (TPSA) is 36.4 Å². The van der Waals surface area contributed by atoms with Crippen LogP contribution in [-0.2, 0) is 6.61 Å². The molecule has 0 atom stereocenters. The van der Waals surface area contributed by atoms with Crippen molar-refractivity contribution in [2.45, 2.75) is 33.8 Å². The SMILES string of the molecule is CCCN(CC)c1ncc(CO)cc1C. The normalized spacial score (nSPS) is 10.4. The zero-order valence-corrected chi connectivity index (χ0v) is 9.82. The zero-order valence-electron chi connectivity index (χ0n) is 9.82. The second-order valence-corrected chi connectivity index (χ2v) is 3.72. The standard InChI is InChI=1S/C12H20N2O/c1-4-6-14(5-2)12-10(3)7-11(9-15)8-13-12/h7-8,15H,4-6,9H2,1-3H3. The molecule has 84 valence electrons. The van der Waals surface area contributed by atoms with E-state index in [1.54, 1.807) is 6.20 Å². The first-order chi connectivity index (χ1) is 7.22. The van der Waals surface area contributed by atoms with Gasteiger partial charge in [0.1, 0.15) is 5.82 Å². The summed E-state index contributed by atoms with van der Waals surface area (Å²) in [6, 6.07) is 2.00. The number of aliphatic hydroxyl groups is 1. The van der Waals surface area contributed by atoms with Crippen LogP contribution in [0, 0.1) is 6.92 Å². The van der Waals surface area contributed by atoms with Crippen LogP contribution in [0.2, 0.25) is 0 Å². The van der Waals surface area contributed by atoms with E-state index in [0.717, 1.165) is 36.5 Å². The van der Waals surface area contributed by atoms with Crippen LogP contribution in [0.4, 0.5) is 5.82 Å². The minimum atomic E-state index is 0.0635. The highest BCUT2D eigenvalue weighted by atomic mass is 16.3. The van der Waals surface area contributed by atoms with E-state index in [4.69, 9.17) is 5.11 Å². The van der Waals surface area contributed by atoms with E-state index in [9.17, 15) is 0 Å². The first-order valence-corrected chi connectivity index (χ1v) is 5.54. The van der Waals surface area contributed by atoms with Crippen molar-refractivity contribution in [3.63, 3.8) is 0 Å². The molecule has 1 N–H and O–H groups in total. The Balaban J connectivity index is 2.92. The van der Waals surface area contributed by atoms with E-state index < -0.39 is 0 Å². The first-order valence-electron chi connectivity index (χ1n) is 5.54. The van der Waals surface area contributed by atoms with Gasteiger partial charge in [-0.05, 0) is 37.5 Å². The Morgan fingerprint density at radius 2 is 2.13 bits per heavy atom. The van der Waals surface area contributed by atoms with Crippen LogP contribution in [-0.4, -0.2) is 23.2 Å². The van der Waals surface area contributed by atoms with E-state index in [-0.39, 0.29) is 6.61 Å². The summed E-state index contributed by atoms with van der Waals surface area (Å²) in [5.41, 5.74) is 2.01. The van der Waals surface area contributed by atoms with Gasteiger partial charge in [-0.1, -0.05) is 6.92 Å². The van der Waals surface area contributed by atoms with E-state index in [1.165, 1.54) is 0 Å². The van der Waals surface area contributed by atoms with Gasteiger partial charge in [-0.2, -0.15) is 0 Å². The van der Waals surface area contributed by atoms with E-state index in [1.807, 2.05) is 13.0 Å². The Kier molecular flexibility index (Phi) is 4.56. The third-order valence-electron chi connectivity index (χ3n) is 2.46. The average Bonchev–Trinajstić information content (AvgIpc) is 2.26. The minimum absolute atomic E-state index is 0.0635. The lowest BCUT2D eigenvalue weighted by atomic mass is 10.2. The average molecular weight is 208 g/mol. The van der Waals surface area contributed by atoms with Gasteiger partial charge in [-0.3, -0.25) is 0 Å². The van der Waals surface area contributed by atoms with Crippen molar-refractivity contribution in [1.29, 1.82) is 0 Å². The summed E-state index contributed by atoms with van der Waals surface area (Å²) in [6.45, 7) is 8.41. The van der Waals surface area contributed by atoms with Crippen molar-refractivity contribution in [3.8, 4) is 0 Å². The van der Waals surface area contributed by atoms with Crippen LogP contribution in [0.15, 0.2) is 12.3 Å². The predicted octanol–water partition coefficient (Wildman–Crippen LogP) is 2.12. The Morgan fingerprint density at radius 3 is 2.60 bits per heavy atom.